The van der Waals surface area contributed by atoms with Crippen molar-refractivity contribution in [1.29, 1.82) is 0 Å². The predicted octanol–water partition coefficient (Wildman–Crippen LogP) is 1.87. The topological polar surface area (TPSA) is 65.4 Å². The average molecular weight is 250 g/mol. The van der Waals surface area contributed by atoms with Gasteiger partial charge in [0.25, 0.3) is 0 Å². The second kappa shape index (κ2) is 5.89. The summed E-state index contributed by atoms with van der Waals surface area (Å²) in [7, 11) is 3.50. The summed E-state index contributed by atoms with van der Waals surface area (Å²) in [6, 6.07) is 1.90. The van der Waals surface area contributed by atoms with E-state index in [2.05, 4.69) is 10.1 Å². The Kier molecular flexibility index (Phi) is 4.23. The summed E-state index contributed by atoms with van der Waals surface area (Å²) in [6.07, 6.45) is 6.25. The average Bonchev–Trinajstić information content (AvgIpc) is 2.77. The van der Waals surface area contributed by atoms with Gasteiger partial charge in [0.15, 0.2) is 0 Å². The highest BCUT2D eigenvalue weighted by Gasteiger charge is 2.16. The van der Waals surface area contributed by atoms with Crippen LogP contribution < -0.4 is 10.5 Å². The molecule has 1 aromatic rings. The quantitative estimate of drug-likeness (QED) is 0.655. The molecule has 18 heavy (non-hydrogen) atoms. The highest BCUT2D eigenvalue weighted by Crippen LogP contribution is 2.23. The molecule has 0 saturated heterocycles. The van der Waals surface area contributed by atoms with Crippen LogP contribution in [-0.4, -0.2) is 22.7 Å². The van der Waals surface area contributed by atoms with Crippen LogP contribution in [-0.2, 0) is 13.6 Å². The summed E-state index contributed by atoms with van der Waals surface area (Å²) in [5.74, 6) is 2.01. The largest absolute Gasteiger partial charge is 0.481 e. The molecule has 5 nitrogen and oxygen atoms in total. The van der Waals surface area contributed by atoms with Crippen LogP contribution in [0.1, 0.15) is 37.8 Å². The minimum atomic E-state index is 0.476. The Hall–Kier alpha value is -1.52. The van der Waals surface area contributed by atoms with Crippen LogP contribution in [0.3, 0.4) is 0 Å². The van der Waals surface area contributed by atoms with Crippen molar-refractivity contribution in [2.75, 3.05) is 7.11 Å². The lowest BCUT2D eigenvalue weighted by molar-refractivity contribution is 0.373. The van der Waals surface area contributed by atoms with E-state index in [0.717, 1.165) is 17.4 Å². The van der Waals surface area contributed by atoms with Gasteiger partial charge in [0.05, 0.1) is 25.2 Å². The van der Waals surface area contributed by atoms with E-state index in [9.17, 15) is 0 Å². The normalized spacial score (nSPS) is 18.0. The molecule has 1 saturated carbocycles. The summed E-state index contributed by atoms with van der Waals surface area (Å²) >= 11 is 0. The SMILES string of the molecule is COc1cc(CN=C(N)C2CCCCC2)nn1C. The van der Waals surface area contributed by atoms with E-state index in [1.165, 1.54) is 32.1 Å². The predicted molar refractivity (Wildman–Crippen MR) is 71.7 cm³/mol. The Balaban J connectivity index is 1.95. The molecule has 100 valence electrons. The molecule has 1 aliphatic carbocycles. The first-order chi connectivity index (χ1) is 8.70. The van der Waals surface area contributed by atoms with Gasteiger partial charge in [-0.1, -0.05) is 19.3 Å². The third-order valence-electron chi connectivity index (χ3n) is 3.54. The molecule has 1 aromatic heterocycles. The van der Waals surface area contributed by atoms with Gasteiger partial charge < -0.3 is 10.5 Å². The fourth-order valence-electron chi connectivity index (χ4n) is 2.47. The van der Waals surface area contributed by atoms with Crippen molar-refractivity contribution < 1.29 is 4.74 Å². The van der Waals surface area contributed by atoms with Gasteiger partial charge in [-0.15, -0.1) is 0 Å². The van der Waals surface area contributed by atoms with E-state index in [1.807, 2.05) is 13.1 Å². The lowest BCUT2D eigenvalue weighted by Gasteiger charge is -2.20. The van der Waals surface area contributed by atoms with Crippen LogP contribution in [0.2, 0.25) is 0 Å². The zero-order valence-electron chi connectivity index (χ0n) is 11.2. The summed E-state index contributed by atoms with van der Waals surface area (Å²) in [5, 5.41) is 4.33. The van der Waals surface area contributed by atoms with Gasteiger partial charge in [-0.25, -0.2) is 4.68 Å². The van der Waals surface area contributed by atoms with Crippen LogP contribution in [0.25, 0.3) is 0 Å². The van der Waals surface area contributed by atoms with Crippen molar-refractivity contribution in [3.05, 3.63) is 11.8 Å². The highest BCUT2D eigenvalue weighted by molar-refractivity contribution is 5.82. The molecule has 1 heterocycles. The number of amidine groups is 1. The number of rotatable bonds is 4. The van der Waals surface area contributed by atoms with Crippen LogP contribution in [0.4, 0.5) is 0 Å². The first kappa shape index (κ1) is 12.9. The van der Waals surface area contributed by atoms with Crippen molar-refractivity contribution in [1.82, 2.24) is 9.78 Å². The molecule has 1 fully saturated rings. The van der Waals surface area contributed by atoms with E-state index in [0.29, 0.717) is 12.5 Å². The molecule has 0 radical (unpaired) electrons. The summed E-state index contributed by atoms with van der Waals surface area (Å²) in [6.45, 7) is 0.541. The third kappa shape index (κ3) is 3.03. The molecule has 0 atom stereocenters. The number of hydrogen-bond acceptors (Lipinski definition) is 3. The number of aliphatic imine (C=N–C) groups is 1. The van der Waals surface area contributed by atoms with Crippen molar-refractivity contribution in [3.8, 4) is 5.88 Å². The van der Waals surface area contributed by atoms with Crippen molar-refractivity contribution in [2.24, 2.45) is 23.7 Å². The van der Waals surface area contributed by atoms with Gasteiger partial charge in [0, 0.05) is 19.0 Å². The molecular formula is C13H22N4O. The van der Waals surface area contributed by atoms with E-state index < -0.39 is 0 Å². The first-order valence-corrected chi connectivity index (χ1v) is 6.57. The van der Waals surface area contributed by atoms with Gasteiger partial charge in [0.2, 0.25) is 5.88 Å². The second-order valence-corrected chi connectivity index (χ2v) is 4.88. The molecule has 0 bridgehead atoms. The lowest BCUT2D eigenvalue weighted by atomic mass is 9.88. The number of nitrogens with zero attached hydrogens (tertiary/aromatic N) is 3. The van der Waals surface area contributed by atoms with Crippen molar-refractivity contribution >= 4 is 5.84 Å². The minimum absolute atomic E-state index is 0.476. The van der Waals surface area contributed by atoms with E-state index in [1.54, 1.807) is 11.8 Å². The number of nitrogens with two attached hydrogens (primary N) is 1. The fourth-order valence-corrected chi connectivity index (χ4v) is 2.47. The van der Waals surface area contributed by atoms with Crippen LogP contribution in [0, 0.1) is 5.92 Å². The maximum absolute atomic E-state index is 6.06. The number of aromatic nitrogens is 2. The van der Waals surface area contributed by atoms with Gasteiger partial charge in [0.1, 0.15) is 0 Å². The second-order valence-electron chi connectivity index (χ2n) is 4.88. The van der Waals surface area contributed by atoms with Gasteiger partial charge in [-0.3, -0.25) is 4.99 Å². The smallest absolute Gasteiger partial charge is 0.211 e. The Morgan fingerprint density at radius 3 is 2.83 bits per heavy atom. The maximum atomic E-state index is 6.06. The van der Waals surface area contributed by atoms with Crippen LogP contribution in [0.15, 0.2) is 11.1 Å². The number of methoxy groups -OCH3 is 1. The molecule has 0 spiro atoms. The maximum Gasteiger partial charge on any atom is 0.211 e. The Bertz CT molecular complexity index is 419. The first-order valence-electron chi connectivity index (χ1n) is 6.57. The number of aryl methyl sites for hydroxylation is 1. The van der Waals surface area contributed by atoms with Crippen molar-refractivity contribution in [3.63, 3.8) is 0 Å². The van der Waals surface area contributed by atoms with E-state index >= 15 is 0 Å². The van der Waals surface area contributed by atoms with E-state index in [-0.39, 0.29) is 0 Å². The Morgan fingerprint density at radius 2 is 2.22 bits per heavy atom. The third-order valence-corrected chi connectivity index (χ3v) is 3.54. The molecule has 5 heteroatoms. The highest BCUT2D eigenvalue weighted by atomic mass is 16.5. The zero-order chi connectivity index (χ0) is 13.0. The lowest BCUT2D eigenvalue weighted by Crippen LogP contribution is -2.25. The Morgan fingerprint density at radius 1 is 1.50 bits per heavy atom. The van der Waals surface area contributed by atoms with Crippen LogP contribution >= 0.6 is 0 Å². The summed E-state index contributed by atoms with van der Waals surface area (Å²) < 4.78 is 6.88. The van der Waals surface area contributed by atoms with E-state index in [4.69, 9.17) is 10.5 Å². The molecule has 0 aromatic carbocycles. The molecule has 2 N–H and O–H groups in total. The zero-order valence-corrected chi connectivity index (χ0v) is 11.2. The number of hydrogen-bond donors (Lipinski definition) is 1. The van der Waals surface area contributed by atoms with Gasteiger partial charge in [-0.2, -0.15) is 5.10 Å². The monoisotopic (exact) mass is 250 g/mol. The molecule has 0 unspecified atom stereocenters. The molecule has 0 aliphatic heterocycles. The molecular weight excluding hydrogens is 228 g/mol. The van der Waals surface area contributed by atoms with Crippen molar-refractivity contribution in [2.45, 2.75) is 38.6 Å². The summed E-state index contributed by atoms with van der Waals surface area (Å²) in [4.78, 5) is 4.47. The molecule has 2 rings (SSSR count). The Labute approximate surface area is 108 Å². The van der Waals surface area contributed by atoms with Crippen LogP contribution in [0.5, 0.6) is 5.88 Å². The number of ether oxygens (including phenoxy) is 1. The summed E-state index contributed by atoms with van der Waals surface area (Å²) in [5.41, 5.74) is 6.95. The standard InChI is InChI=1S/C13H22N4O/c1-17-12(18-2)8-11(16-17)9-15-13(14)10-6-4-3-5-7-10/h8,10H,3-7,9H2,1-2H3,(H2,14,15). The van der Waals surface area contributed by atoms with Gasteiger partial charge >= 0.3 is 0 Å². The van der Waals surface area contributed by atoms with Gasteiger partial charge in [-0.05, 0) is 12.8 Å². The minimum Gasteiger partial charge on any atom is -0.481 e. The molecule has 0 amide bonds. The fraction of sp³-hybridized carbons (Fsp3) is 0.692. The molecule has 1 aliphatic rings.